The summed E-state index contributed by atoms with van der Waals surface area (Å²) in [5.74, 6) is 0.302. The number of rotatable bonds is 5. The van der Waals surface area contributed by atoms with Gasteiger partial charge in [0.2, 0.25) is 0 Å². The Balaban J connectivity index is 1.73. The maximum absolute atomic E-state index is 13.3. The van der Waals surface area contributed by atoms with E-state index >= 15 is 0 Å². The Bertz CT molecular complexity index is 364. The van der Waals surface area contributed by atoms with Gasteiger partial charge in [-0.3, -0.25) is 0 Å². The lowest BCUT2D eigenvalue weighted by Crippen LogP contribution is -1.95. The summed E-state index contributed by atoms with van der Waals surface area (Å²) in [5.41, 5.74) is 1.51. The molecule has 0 spiro atoms. The molecule has 0 aliphatic heterocycles. The van der Waals surface area contributed by atoms with Crippen molar-refractivity contribution in [2.75, 3.05) is 0 Å². The van der Waals surface area contributed by atoms with Crippen LogP contribution in [0.1, 0.15) is 38.2 Å². The molecular formula is C15H19F. The van der Waals surface area contributed by atoms with Gasteiger partial charge in [0, 0.05) is 0 Å². The van der Waals surface area contributed by atoms with Crippen molar-refractivity contribution in [3.63, 3.8) is 0 Å². The fourth-order valence-corrected chi connectivity index (χ4v) is 2.21. The van der Waals surface area contributed by atoms with Crippen LogP contribution in [-0.2, 0) is 0 Å². The maximum Gasteiger partial charge on any atom is 0.111 e. The largest absolute Gasteiger partial charge is 0.244 e. The second-order valence-corrected chi connectivity index (χ2v) is 5.04. The van der Waals surface area contributed by atoms with Gasteiger partial charge in [0.15, 0.2) is 0 Å². The summed E-state index contributed by atoms with van der Waals surface area (Å²) in [6.07, 6.45) is 3.79. The van der Waals surface area contributed by atoms with Crippen LogP contribution in [0.3, 0.4) is 0 Å². The molecule has 0 radical (unpaired) electrons. The molecule has 0 saturated heterocycles. The molecule has 1 fully saturated rings. The Morgan fingerprint density at radius 3 is 2.62 bits per heavy atom. The monoisotopic (exact) mass is 218 g/mol. The van der Waals surface area contributed by atoms with Gasteiger partial charge in [0.1, 0.15) is 5.67 Å². The van der Waals surface area contributed by atoms with Crippen LogP contribution in [0, 0.1) is 5.92 Å². The van der Waals surface area contributed by atoms with Crippen LogP contribution in [0.25, 0.3) is 5.57 Å². The molecule has 16 heavy (non-hydrogen) atoms. The average molecular weight is 218 g/mol. The van der Waals surface area contributed by atoms with E-state index < -0.39 is 5.67 Å². The van der Waals surface area contributed by atoms with E-state index in [1.807, 2.05) is 18.2 Å². The summed E-state index contributed by atoms with van der Waals surface area (Å²) in [6, 6.07) is 10.2. The van der Waals surface area contributed by atoms with Gasteiger partial charge < -0.3 is 0 Å². The molecule has 1 aromatic rings. The number of alkyl halides is 1. The molecule has 1 aliphatic rings. The third kappa shape index (κ3) is 2.72. The fraction of sp³-hybridized carbons (Fsp3) is 0.467. The Morgan fingerprint density at radius 2 is 2.06 bits per heavy atom. The van der Waals surface area contributed by atoms with Crippen molar-refractivity contribution in [2.24, 2.45) is 5.92 Å². The van der Waals surface area contributed by atoms with Crippen LogP contribution >= 0.6 is 0 Å². The molecule has 1 heteroatoms. The lowest BCUT2D eigenvalue weighted by molar-refractivity contribution is 0.302. The molecule has 86 valence electrons. The van der Waals surface area contributed by atoms with Crippen molar-refractivity contribution < 1.29 is 4.39 Å². The molecule has 2 atom stereocenters. The topological polar surface area (TPSA) is 0 Å². The zero-order valence-corrected chi connectivity index (χ0v) is 9.88. The fourth-order valence-electron chi connectivity index (χ4n) is 2.21. The van der Waals surface area contributed by atoms with Crippen LogP contribution in [0.2, 0.25) is 0 Å². The highest BCUT2D eigenvalue weighted by atomic mass is 19.1. The molecule has 0 heterocycles. The minimum atomic E-state index is -0.867. The number of benzene rings is 1. The van der Waals surface area contributed by atoms with E-state index in [4.69, 9.17) is 0 Å². The zero-order chi connectivity index (χ0) is 11.6. The molecule has 1 saturated carbocycles. The van der Waals surface area contributed by atoms with Gasteiger partial charge in [-0.25, -0.2) is 4.39 Å². The van der Waals surface area contributed by atoms with Crippen LogP contribution in [0.15, 0.2) is 36.9 Å². The van der Waals surface area contributed by atoms with E-state index in [-0.39, 0.29) is 0 Å². The first kappa shape index (κ1) is 11.4. The quantitative estimate of drug-likeness (QED) is 0.676. The van der Waals surface area contributed by atoms with Gasteiger partial charge in [0.25, 0.3) is 0 Å². The van der Waals surface area contributed by atoms with E-state index in [0.29, 0.717) is 5.92 Å². The normalized spacial score (nSPS) is 27.8. The van der Waals surface area contributed by atoms with Crippen molar-refractivity contribution >= 4 is 5.57 Å². The lowest BCUT2D eigenvalue weighted by atomic mass is 10.0. The highest BCUT2D eigenvalue weighted by Gasteiger charge is 2.49. The Morgan fingerprint density at radius 1 is 1.44 bits per heavy atom. The molecule has 0 bridgehead atoms. The van der Waals surface area contributed by atoms with Crippen molar-refractivity contribution in [1.29, 1.82) is 0 Å². The maximum atomic E-state index is 13.3. The highest BCUT2D eigenvalue weighted by Crippen LogP contribution is 2.49. The van der Waals surface area contributed by atoms with Gasteiger partial charge in [0.05, 0.1) is 0 Å². The minimum absolute atomic E-state index is 0.302. The summed E-state index contributed by atoms with van der Waals surface area (Å²) in [5, 5.41) is 0. The summed E-state index contributed by atoms with van der Waals surface area (Å²) in [6.45, 7) is 5.80. The molecule has 2 unspecified atom stereocenters. The average Bonchev–Trinajstić information content (AvgIpc) is 2.87. The summed E-state index contributed by atoms with van der Waals surface area (Å²) >= 11 is 0. The van der Waals surface area contributed by atoms with Crippen LogP contribution in [-0.4, -0.2) is 5.67 Å². The molecule has 0 aromatic heterocycles. The summed E-state index contributed by atoms with van der Waals surface area (Å²) < 4.78 is 13.3. The van der Waals surface area contributed by atoms with Gasteiger partial charge in [-0.05, 0) is 49.7 Å². The first-order valence-corrected chi connectivity index (χ1v) is 6.02. The number of hydrogen-bond donors (Lipinski definition) is 0. The summed E-state index contributed by atoms with van der Waals surface area (Å²) in [4.78, 5) is 0. The third-order valence-corrected chi connectivity index (χ3v) is 3.55. The van der Waals surface area contributed by atoms with Crippen LogP contribution < -0.4 is 0 Å². The van der Waals surface area contributed by atoms with E-state index in [1.165, 1.54) is 11.1 Å². The molecular weight excluding hydrogens is 199 g/mol. The second kappa shape index (κ2) is 4.40. The molecule has 0 nitrogen and oxygen atoms in total. The van der Waals surface area contributed by atoms with Crippen LogP contribution in [0.5, 0.6) is 0 Å². The van der Waals surface area contributed by atoms with Crippen molar-refractivity contribution in [2.45, 2.75) is 38.3 Å². The van der Waals surface area contributed by atoms with Crippen molar-refractivity contribution in [1.82, 2.24) is 0 Å². The minimum Gasteiger partial charge on any atom is -0.244 e. The van der Waals surface area contributed by atoms with Gasteiger partial charge in [-0.15, -0.1) is 0 Å². The zero-order valence-electron chi connectivity index (χ0n) is 9.88. The Hall–Kier alpha value is -1.11. The van der Waals surface area contributed by atoms with Gasteiger partial charge >= 0.3 is 0 Å². The van der Waals surface area contributed by atoms with E-state index in [1.54, 1.807) is 6.92 Å². The SMILES string of the molecule is C=C(CCCC1CC1(C)F)c1ccccc1. The van der Waals surface area contributed by atoms with E-state index in [0.717, 1.165) is 25.7 Å². The number of allylic oxidation sites excluding steroid dienone is 1. The predicted molar refractivity (Wildman–Crippen MR) is 66.9 cm³/mol. The van der Waals surface area contributed by atoms with E-state index in [2.05, 4.69) is 18.7 Å². The molecule has 2 rings (SSSR count). The summed E-state index contributed by atoms with van der Waals surface area (Å²) in [7, 11) is 0. The number of halogens is 1. The highest BCUT2D eigenvalue weighted by molar-refractivity contribution is 5.62. The second-order valence-electron chi connectivity index (χ2n) is 5.04. The van der Waals surface area contributed by atoms with Crippen molar-refractivity contribution in [3.05, 3.63) is 42.5 Å². The van der Waals surface area contributed by atoms with E-state index in [9.17, 15) is 4.39 Å². The molecule has 0 amide bonds. The predicted octanol–water partition coefficient (Wildman–Crippen LogP) is 4.62. The third-order valence-electron chi connectivity index (χ3n) is 3.55. The molecule has 1 aromatic carbocycles. The first-order valence-electron chi connectivity index (χ1n) is 6.02. The van der Waals surface area contributed by atoms with Crippen molar-refractivity contribution in [3.8, 4) is 0 Å². The molecule has 0 N–H and O–H groups in total. The Kier molecular flexibility index (Phi) is 3.13. The van der Waals surface area contributed by atoms with Gasteiger partial charge in [-0.2, -0.15) is 0 Å². The van der Waals surface area contributed by atoms with Crippen LogP contribution in [0.4, 0.5) is 4.39 Å². The Labute approximate surface area is 97.2 Å². The first-order chi connectivity index (χ1) is 7.59. The smallest absolute Gasteiger partial charge is 0.111 e. The molecule has 1 aliphatic carbocycles. The lowest BCUT2D eigenvalue weighted by Gasteiger charge is -2.05. The standard InChI is InChI=1S/C15H19F/c1-12(13-8-4-3-5-9-13)7-6-10-14-11-15(14,2)16/h3-5,8-9,14H,1,6-7,10-11H2,2H3. The number of hydrogen-bond acceptors (Lipinski definition) is 0. The van der Waals surface area contributed by atoms with Gasteiger partial charge in [-0.1, -0.05) is 36.9 Å².